The SMILES string of the molecule is Cc1ccccc1OCC(C)(C)CN1CCNCC1. The lowest BCUT2D eigenvalue weighted by Crippen LogP contribution is -2.48. The summed E-state index contributed by atoms with van der Waals surface area (Å²) in [6, 6.07) is 8.23. The van der Waals surface area contributed by atoms with E-state index in [9.17, 15) is 0 Å². The highest BCUT2D eigenvalue weighted by molar-refractivity contribution is 5.31. The van der Waals surface area contributed by atoms with Crippen molar-refractivity contribution in [2.45, 2.75) is 20.8 Å². The van der Waals surface area contributed by atoms with Crippen LogP contribution >= 0.6 is 0 Å². The molecule has 1 N–H and O–H groups in total. The maximum absolute atomic E-state index is 6.00. The molecule has 1 aliphatic heterocycles. The normalized spacial score (nSPS) is 17.4. The summed E-state index contributed by atoms with van der Waals surface area (Å²) in [6.45, 7) is 13.0. The second-order valence-electron chi connectivity index (χ2n) is 6.24. The van der Waals surface area contributed by atoms with Gasteiger partial charge in [0.2, 0.25) is 0 Å². The van der Waals surface area contributed by atoms with Crippen molar-refractivity contribution in [3.8, 4) is 5.75 Å². The van der Waals surface area contributed by atoms with Crippen LogP contribution in [0.1, 0.15) is 19.4 Å². The smallest absolute Gasteiger partial charge is 0.122 e. The fourth-order valence-corrected chi connectivity index (χ4v) is 2.51. The highest BCUT2D eigenvalue weighted by Crippen LogP contribution is 2.22. The molecule has 1 fully saturated rings. The second-order valence-corrected chi connectivity index (χ2v) is 6.24. The van der Waals surface area contributed by atoms with E-state index in [1.807, 2.05) is 12.1 Å². The Kier molecular flexibility index (Phi) is 4.83. The van der Waals surface area contributed by atoms with Gasteiger partial charge < -0.3 is 15.0 Å². The van der Waals surface area contributed by atoms with Gasteiger partial charge in [-0.05, 0) is 18.6 Å². The maximum atomic E-state index is 6.00. The minimum absolute atomic E-state index is 0.180. The predicted molar refractivity (Wildman–Crippen MR) is 79.8 cm³/mol. The maximum Gasteiger partial charge on any atom is 0.122 e. The quantitative estimate of drug-likeness (QED) is 0.881. The monoisotopic (exact) mass is 262 g/mol. The summed E-state index contributed by atoms with van der Waals surface area (Å²) < 4.78 is 6.00. The fourth-order valence-electron chi connectivity index (χ4n) is 2.51. The van der Waals surface area contributed by atoms with Crippen molar-refractivity contribution in [1.29, 1.82) is 0 Å². The van der Waals surface area contributed by atoms with E-state index in [4.69, 9.17) is 4.74 Å². The summed E-state index contributed by atoms with van der Waals surface area (Å²) in [5.41, 5.74) is 1.39. The molecule has 2 rings (SSSR count). The van der Waals surface area contributed by atoms with Gasteiger partial charge in [0.05, 0.1) is 6.61 Å². The third kappa shape index (κ3) is 4.51. The third-order valence-electron chi connectivity index (χ3n) is 3.57. The van der Waals surface area contributed by atoms with Gasteiger partial charge >= 0.3 is 0 Å². The molecule has 0 unspecified atom stereocenters. The summed E-state index contributed by atoms with van der Waals surface area (Å²) in [7, 11) is 0. The fraction of sp³-hybridized carbons (Fsp3) is 0.625. The summed E-state index contributed by atoms with van der Waals surface area (Å²) >= 11 is 0. The Labute approximate surface area is 116 Å². The van der Waals surface area contributed by atoms with E-state index in [2.05, 4.69) is 43.1 Å². The summed E-state index contributed by atoms with van der Waals surface area (Å²) in [5.74, 6) is 1.01. The number of ether oxygens (including phenoxy) is 1. The van der Waals surface area contributed by atoms with Crippen LogP contribution in [0.15, 0.2) is 24.3 Å². The average Bonchev–Trinajstić information content (AvgIpc) is 2.38. The Bertz CT molecular complexity index is 397. The van der Waals surface area contributed by atoms with Gasteiger partial charge in [-0.15, -0.1) is 0 Å². The van der Waals surface area contributed by atoms with Crippen LogP contribution < -0.4 is 10.1 Å². The Morgan fingerprint density at radius 1 is 1.21 bits per heavy atom. The third-order valence-corrected chi connectivity index (χ3v) is 3.57. The number of nitrogens with one attached hydrogen (secondary N) is 1. The lowest BCUT2D eigenvalue weighted by atomic mass is 9.93. The zero-order chi connectivity index (χ0) is 13.7. The molecule has 3 heteroatoms. The lowest BCUT2D eigenvalue weighted by molar-refractivity contribution is 0.107. The molecule has 1 aliphatic rings. The molecule has 1 heterocycles. The number of piperazine rings is 1. The molecule has 1 aromatic rings. The summed E-state index contributed by atoms with van der Waals surface area (Å²) in [5, 5.41) is 3.39. The molecule has 0 bridgehead atoms. The van der Waals surface area contributed by atoms with Gasteiger partial charge in [-0.1, -0.05) is 32.0 Å². The molecule has 19 heavy (non-hydrogen) atoms. The van der Waals surface area contributed by atoms with Crippen LogP contribution in [-0.4, -0.2) is 44.2 Å². The molecule has 0 saturated carbocycles. The minimum Gasteiger partial charge on any atom is -0.493 e. The Morgan fingerprint density at radius 2 is 1.89 bits per heavy atom. The Balaban J connectivity index is 1.84. The van der Waals surface area contributed by atoms with Crippen molar-refractivity contribution in [3.63, 3.8) is 0 Å². The van der Waals surface area contributed by atoms with Gasteiger partial charge in [0.25, 0.3) is 0 Å². The highest BCUT2D eigenvalue weighted by Gasteiger charge is 2.24. The first kappa shape index (κ1) is 14.4. The number of hydrogen-bond donors (Lipinski definition) is 1. The molecule has 1 aromatic carbocycles. The summed E-state index contributed by atoms with van der Waals surface area (Å²) in [4.78, 5) is 2.53. The van der Waals surface area contributed by atoms with Gasteiger partial charge in [-0.2, -0.15) is 0 Å². The van der Waals surface area contributed by atoms with Crippen molar-refractivity contribution >= 4 is 0 Å². The van der Waals surface area contributed by atoms with Crippen LogP contribution in [0.5, 0.6) is 5.75 Å². The van der Waals surface area contributed by atoms with Crippen LogP contribution in [0.4, 0.5) is 0 Å². The predicted octanol–water partition coefficient (Wildman–Crippen LogP) is 2.31. The topological polar surface area (TPSA) is 24.5 Å². The average molecular weight is 262 g/mol. The molecule has 0 atom stereocenters. The van der Waals surface area contributed by atoms with Gasteiger partial charge in [-0.3, -0.25) is 0 Å². The molecular formula is C16H26N2O. The molecule has 0 aliphatic carbocycles. The van der Waals surface area contributed by atoms with Gasteiger partial charge in [0.15, 0.2) is 0 Å². The van der Waals surface area contributed by atoms with Crippen molar-refractivity contribution < 1.29 is 4.74 Å². The number of rotatable bonds is 5. The molecule has 0 radical (unpaired) electrons. The molecular weight excluding hydrogens is 236 g/mol. The van der Waals surface area contributed by atoms with E-state index < -0.39 is 0 Å². The van der Waals surface area contributed by atoms with E-state index in [1.54, 1.807) is 0 Å². The molecule has 106 valence electrons. The van der Waals surface area contributed by atoms with Crippen molar-refractivity contribution in [2.75, 3.05) is 39.3 Å². The first-order valence-corrected chi connectivity index (χ1v) is 7.18. The number of nitrogens with zero attached hydrogens (tertiary/aromatic N) is 1. The number of hydrogen-bond acceptors (Lipinski definition) is 3. The largest absolute Gasteiger partial charge is 0.493 e. The van der Waals surface area contributed by atoms with E-state index in [1.165, 1.54) is 5.56 Å². The van der Waals surface area contributed by atoms with E-state index in [0.29, 0.717) is 0 Å². The number of para-hydroxylation sites is 1. The van der Waals surface area contributed by atoms with Crippen LogP contribution in [0, 0.1) is 12.3 Å². The summed E-state index contributed by atoms with van der Waals surface area (Å²) in [6.07, 6.45) is 0. The molecule has 1 saturated heterocycles. The number of aryl methyl sites for hydroxylation is 1. The zero-order valence-electron chi connectivity index (χ0n) is 12.4. The van der Waals surface area contributed by atoms with Crippen LogP contribution in [0.25, 0.3) is 0 Å². The Hall–Kier alpha value is -1.06. The molecule has 0 aromatic heterocycles. The van der Waals surface area contributed by atoms with E-state index in [-0.39, 0.29) is 5.41 Å². The minimum atomic E-state index is 0.180. The van der Waals surface area contributed by atoms with Crippen molar-refractivity contribution in [1.82, 2.24) is 10.2 Å². The molecule has 3 nitrogen and oxygen atoms in total. The van der Waals surface area contributed by atoms with Crippen LogP contribution in [0.2, 0.25) is 0 Å². The van der Waals surface area contributed by atoms with E-state index in [0.717, 1.165) is 45.1 Å². The first-order valence-electron chi connectivity index (χ1n) is 7.18. The van der Waals surface area contributed by atoms with Gasteiger partial charge in [0.1, 0.15) is 5.75 Å². The zero-order valence-corrected chi connectivity index (χ0v) is 12.4. The first-order chi connectivity index (χ1) is 9.07. The van der Waals surface area contributed by atoms with Crippen LogP contribution in [0.3, 0.4) is 0 Å². The van der Waals surface area contributed by atoms with Gasteiger partial charge in [-0.25, -0.2) is 0 Å². The molecule has 0 amide bonds. The number of benzene rings is 1. The Morgan fingerprint density at radius 3 is 2.58 bits per heavy atom. The van der Waals surface area contributed by atoms with Gasteiger partial charge in [0, 0.05) is 38.1 Å². The standard InChI is InChI=1S/C16H26N2O/c1-14-6-4-5-7-15(14)19-13-16(2,3)12-18-10-8-17-9-11-18/h4-7,17H,8-13H2,1-3H3. The van der Waals surface area contributed by atoms with Crippen molar-refractivity contribution in [3.05, 3.63) is 29.8 Å². The van der Waals surface area contributed by atoms with Crippen LogP contribution in [-0.2, 0) is 0 Å². The second kappa shape index (κ2) is 6.40. The van der Waals surface area contributed by atoms with E-state index >= 15 is 0 Å². The molecule has 0 spiro atoms. The van der Waals surface area contributed by atoms with Crippen molar-refractivity contribution in [2.24, 2.45) is 5.41 Å². The lowest BCUT2D eigenvalue weighted by Gasteiger charge is -2.35. The highest BCUT2D eigenvalue weighted by atomic mass is 16.5.